The van der Waals surface area contributed by atoms with E-state index < -0.39 is 0 Å². The maximum atomic E-state index is 12.6. The van der Waals surface area contributed by atoms with Gasteiger partial charge in [-0.3, -0.25) is 4.79 Å². The topological polar surface area (TPSA) is 68.0 Å². The lowest BCUT2D eigenvalue weighted by Gasteiger charge is -2.02. The Hall–Kier alpha value is -3.51. The Labute approximate surface area is 171 Å². The quantitative estimate of drug-likeness (QED) is 0.440. The number of nitrogens with zero attached hydrogens (tertiary/aromatic N) is 2. The number of nitrogens with one attached hydrogen (secondary N) is 1. The highest BCUT2D eigenvalue weighted by Crippen LogP contribution is 2.30. The van der Waals surface area contributed by atoms with Crippen LogP contribution in [0, 0.1) is 0 Å². The Bertz CT molecular complexity index is 1310. The summed E-state index contributed by atoms with van der Waals surface area (Å²) in [5.74, 6) is -0.136. The van der Waals surface area contributed by atoms with Crippen LogP contribution in [-0.4, -0.2) is 16.1 Å². The van der Waals surface area contributed by atoms with Crippen molar-refractivity contribution in [2.24, 2.45) is 0 Å². The number of fused-ring (bicyclic) bond motifs is 3. The van der Waals surface area contributed by atoms with Crippen LogP contribution in [0.5, 0.6) is 0 Å². The van der Waals surface area contributed by atoms with E-state index in [4.69, 9.17) is 4.42 Å². The second kappa shape index (κ2) is 7.48. The van der Waals surface area contributed by atoms with Crippen molar-refractivity contribution < 1.29 is 9.21 Å². The predicted molar refractivity (Wildman–Crippen MR) is 115 cm³/mol. The summed E-state index contributed by atoms with van der Waals surface area (Å²) in [6, 6.07) is 22.2. The maximum absolute atomic E-state index is 12.6. The largest absolute Gasteiger partial charge is 0.464 e. The summed E-state index contributed by atoms with van der Waals surface area (Å²) in [6.07, 6.45) is 2.58. The Kier molecular flexibility index (Phi) is 4.54. The molecule has 5 aromatic rings. The van der Waals surface area contributed by atoms with Gasteiger partial charge in [0.1, 0.15) is 10.6 Å². The van der Waals surface area contributed by atoms with Crippen molar-refractivity contribution in [3.05, 3.63) is 89.1 Å². The van der Waals surface area contributed by atoms with Crippen LogP contribution in [0.2, 0.25) is 0 Å². The molecular formula is C23H17N3O2S. The second-order valence-electron chi connectivity index (χ2n) is 6.81. The van der Waals surface area contributed by atoms with E-state index in [0.29, 0.717) is 11.6 Å². The molecule has 142 valence electrons. The summed E-state index contributed by atoms with van der Waals surface area (Å²) in [5, 5.41) is 15.7. The van der Waals surface area contributed by atoms with Gasteiger partial charge in [0.2, 0.25) is 11.0 Å². The van der Waals surface area contributed by atoms with E-state index in [1.807, 2.05) is 54.6 Å². The molecule has 6 heteroatoms. The van der Waals surface area contributed by atoms with Crippen molar-refractivity contribution >= 4 is 44.1 Å². The van der Waals surface area contributed by atoms with Crippen LogP contribution < -0.4 is 5.32 Å². The number of carbonyl (C=O) groups is 1. The van der Waals surface area contributed by atoms with Crippen LogP contribution in [0.1, 0.15) is 16.1 Å². The lowest BCUT2D eigenvalue weighted by Crippen LogP contribution is -2.14. The zero-order valence-corrected chi connectivity index (χ0v) is 16.3. The highest BCUT2D eigenvalue weighted by atomic mass is 32.1. The van der Waals surface area contributed by atoms with Crippen molar-refractivity contribution in [1.82, 2.24) is 10.2 Å². The number of furan rings is 1. The first kappa shape index (κ1) is 17.6. The molecule has 1 N–H and O–H groups in total. The highest BCUT2D eigenvalue weighted by molar-refractivity contribution is 7.15. The number of hydrogen-bond donors (Lipinski definition) is 1. The van der Waals surface area contributed by atoms with E-state index in [2.05, 4.69) is 27.6 Å². The molecule has 0 aliphatic carbocycles. The zero-order chi connectivity index (χ0) is 19.6. The van der Waals surface area contributed by atoms with Crippen molar-refractivity contribution in [3.63, 3.8) is 0 Å². The number of amides is 1. The van der Waals surface area contributed by atoms with Crippen LogP contribution in [0.3, 0.4) is 0 Å². The average molecular weight is 399 g/mol. The summed E-state index contributed by atoms with van der Waals surface area (Å²) in [4.78, 5) is 12.6. The van der Waals surface area contributed by atoms with Gasteiger partial charge in [0.15, 0.2) is 0 Å². The fourth-order valence-electron chi connectivity index (χ4n) is 3.49. The predicted octanol–water partition coefficient (Wildman–Crippen LogP) is 5.21. The van der Waals surface area contributed by atoms with Crippen LogP contribution in [-0.2, 0) is 17.6 Å². The Morgan fingerprint density at radius 3 is 2.69 bits per heavy atom. The van der Waals surface area contributed by atoms with Gasteiger partial charge >= 0.3 is 0 Å². The molecule has 5 nitrogen and oxygen atoms in total. The smallest absolute Gasteiger partial charge is 0.230 e. The summed E-state index contributed by atoms with van der Waals surface area (Å²) in [6.45, 7) is 0. The number of aromatic nitrogens is 2. The molecule has 0 saturated carbocycles. The summed E-state index contributed by atoms with van der Waals surface area (Å²) >= 11 is 1.40. The third-order valence-corrected chi connectivity index (χ3v) is 5.64. The number of hydrogen-bond acceptors (Lipinski definition) is 5. The molecule has 1 amide bonds. The third-order valence-electron chi connectivity index (χ3n) is 4.80. The first-order chi connectivity index (χ1) is 14.3. The molecule has 3 aromatic carbocycles. The van der Waals surface area contributed by atoms with Crippen LogP contribution in [0.15, 0.2) is 77.4 Å². The molecule has 0 aliphatic rings. The molecule has 0 atom stereocenters. The van der Waals surface area contributed by atoms with Crippen LogP contribution >= 0.6 is 11.3 Å². The van der Waals surface area contributed by atoms with E-state index in [1.54, 1.807) is 6.26 Å². The Morgan fingerprint density at radius 1 is 0.966 bits per heavy atom. The van der Waals surface area contributed by atoms with Crippen LogP contribution in [0.25, 0.3) is 21.7 Å². The summed E-state index contributed by atoms with van der Waals surface area (Å²) in [7, 11) is 0. The van der Waals surface area contributed by atoms with Crippen LogP contribution in [0.4, 0.5) is 5.13 Å². The molecule has 2 heterocycles. The summed E-state index contributed by atoms with van der Waals surface area (Å²) in [5.41, 5.74) is 2.81. The van der Waals surface area contributed by atoms with E-state index in [1.165, 1.54) is 16.9 Å². The SMILES string of the molecule is O=C(Cc1coc2ccc3ccccc3c12)Nc1nnc(Cc2ccccc2)s1. The van der Waals surface area contributed by atoms with Gasteiger partial charge in [0.25, 0.3) is 0 Å². The minimum Gasteiger partial charge on any atom is -0.464 e. The summed E-state index contributed by atoms with van der Waals surface area (Å²) < 4.78 is 5.67. The van der Waals surface area contributed by atoms with Crippen molar-refractivity contribution in [3.8, 4) is 0 Å². The van der Waals surface area contributed by atoms with Gasteiger partial charge in [-0.2, -0.15) is 0 Å². The fourth-order valence-corrected chi connectivity index (χ4v) is 4.28. The number of rotatable bonds is 5. The van der Waals surface area contributed by atoms with Crippen molar-refractivity contribution in [1.29, 1.82) is 0 Å². The lowest BCUT2D eigenvalue weighted by atomic mass is 10.0. The number of anilines is 1. The highest BCUT2D eigenvalue weighted by Gasteiger charge is 2.15. The first-order valence-electron chi connectivity index (χ1n) is 9.30. The van der Waals surface area contributed by atoms with E-state index >= 15 is 0 Å². The second-order valence-corrected chi connectivity index (χ2v) is 7.87. The molecule has 5 rings (SSSR count). The molecular weight excluding hydrogens is 382 g/mol. The van der Waals surface area contributed by atoms with Gasteiger partial charge in [-0.05, 0) is 22.4 Å². The fraction of sp³-hybridized carbons (Fsp3) is 0.0870. The molecule has 0 spiro atoms. The molecule has 0 aliphatic heterocycles. The lowest BCUT2D eigenvalue weighted by molar-refractivity contribution is -0.115. The van der Waals surface area contributed by atoms with Gasteiger partial charge in [-0.15, -0.1) is 10.2 Å². The van der Waals surface area contributed by atoms with E-state index in [0.717, 1.165) is 32.3 Å². The molecule has 0 radical (unpaired) electrons. The monoisotopic (exact) mass is 399 g/mol. The van der Waals surface area contributed by atoms with Gasteiger partial charge in [-0.1, -0.05) is 72.0 Å². The van der Waals surface area contributed by atoms with E-state index in [-0.39, 0.29) is 12.3 Å². The standard InChI is InChI=1S/C23H17N3O2S/c27-20(24-23-26-25-21(29-23)12-15-6-2-1-3-7-15)13-17-14-28-19-11-10-16-8-4-5-9-18(16)22(17)19/h1-11,14H,12-13H2,(H,24,26,27). The van der Waals surface area contributed by atoms with Crippen molar-refractivity contribution in [2.75, 3.05) is 5.32 Å². The Balaban J connectivity index is 1.33. The average Bonchev–Trinajstić information content (AvgIpc) is 3.35. The minimum atomic E-state index is -0.136. The normalized spacial score (nSPS) is 11.2. The third kappa shape index (κ3) is 3.62. The molecule has 2 aromatic heterocycles. The first-order valence-corrected chi connectivity index (χ1v) is 10.1. The van der Waals surface area contributed by atoms with Gasteiger partial charge in [-0.25, -0.2) is 0 Å². The molecule has 0 fully saturated rings. The Morgan fingerprint density at radius 2 is 1.79 bits per heavy atom. The van der Waals surface area contributed by atoms with Gasteiger partial charge in [0.05, 0.1) is 12.7 Å². The minimum absolute atomic E-state index is 0.136. The van der Waals surface area contributed by atoms with Gasteiger partial charge in [0, 0.05) is 17.4 Å². The molecule has 0 unspecified atom stereocenters. The zero-order valence-electron chi connectivity index (χ0n) is 15.5. The number of benzene rings is 3. The molecule has 0 saturated heterocycles. The number of carbonyl (C=O) groups excluding carboxylic acids is 1. The molecule has 29 heavy (non-hydrogen) atoms. The maximum Gasteiger partial charge on any atom is 0.230 e. The van der Waals surface area contributed by atoms with Gasteiger partial charge < -0.3 is 9.73 Å². The van der Waals surface area contributed by atoms with E-state index in [9.17, 15) is 4.79 Å². The molecule has 0 bridgehead atoms. The van der Waals surface area contributed by atoms with Crippen molar-refractivity contribution in [2.45, 2.75) is 12.8 Å².